The van der Waals surface area contributed by atoms with E-state index in [1.165, 1.54) is 19.3 Å². The van der Waals surface area contributed by atoms with E-state index in [1.807, 2.05) is 12.3 Å². The number of hydrogen-bond donors (Lipinski definition) is 3. The smallest absolute Gasteiger partial charge is 0.0506 e. The molecular formula is C14H26N4. The van der Waals surface area contributed by atoms with Crippen LogP contribution in [-0.4, -0.2) is 31.4 Å². The van der Waals surface area contributed by atoms with Crippen molar-refractivity contribution in [3.63, 3.8) is 0 Å². The number of nitrogens with zero attached hydrogens (tertiary/aromatic N) is 1. The fraction of sp³-hybridized carbons (Fsp3) is 0.643. The van der Waals surface area contributed by atoms with Crippen LogP contribution in [-0.2, 0) is 0 Å². The molecule has 0 aliphatic heterocycles. The van der Waals surface area contributed by atoms with Crippen LogP contribution in [0.1, 0.15) is 26.2 Å². The van der Waals surface area contributed by atoms with Gasteiger partial charge < -0.3 is 16.4 Å². The van der Waals surface area contributed by atoms with Crippen LogP contribution in [0.4, 0.5) is 0 Å². The van der Waals surface area contributed by atoms with Crippen molar-refractivity contribution in [1.29, 1.82) is 0 Å². The average molecular weight is 250 g/mol. The number of nitrogens with one attached hydrogen (secondary N) is 2. The molecule has 4 heteroatoms. The van der Waals surface area contributed by atoms with Gasteiger partial charge in [-0.05, 0) is 50.5 Å². The maximum absolute atomic E-state index is 5.70. The van der Waals surface area contributed by atoms with Crippen molar-refractivity contribution in [3.8, 4) is 0 Å². The third-order valence-corrected chi connectivity index (χ3v) is 3.24. The Morgan fingerprint density at radius 3 is 3.00 bits per heavy atom. The van der Waals surface area contributed by atoms with Gasteiger partial charge in [0.1, 0.15) is 0 Å². The van der Waals surface area contributed by atoms with Crippen molar-refractivity contribution in [2.24, 2.45) is 16.6 Å². The molecule has 0 aromatic heterocycles. The van der Waals surface area contributed by atoms with E-state index in [-0.39, 0.29) is 0 Å². The molecule has 1 fully saturated rings. The van der Waals surface area contributed by atoms with Crippen molar-refractivity contribution in [3.05, 3.63) is 25.1 Å². The van der Waals surface area contributed by atoms with Crippen LogP contribution in [0.2, 0.25) is 0 Å². The first-order valence-electron chi connectivity index (χ1n) is 6.81. The molecular weight excluding hydrogens is 224 g/mol. The van der Waals surface area contributed by atoms with Crippen molar-refractivity contribution in [2.75, 3.05) is 19.6 Å². The van der Waals surface area contributed by atoms with Crippen molar-refractivity contribution in [1.82, 2.24) is 10.6 Å². The minimum atomic E-state index is 0.445. The highest BCUT2D eigenvalue weighted by molar-refractivity contribution is 5.96. The van der Waals surface area contributed by atoms with Gasteiger partial charge in [-0.3, -0.25) is 4.99 Å². The molecule has 0 aromatic rings. The summed E-state index contributed by atoms with van der Waals surface area (Å²) in [5.41, 5.74) is 6.66. The lowest BCUT2D eigenvalue weighted by Gasteiger charge is -2.09. The second kappa shape index (κ2) is 8.89. The molecule has 0 spiro atoms. The Kier molecular flexibility index (Phi) is 7.37. The zero-order valence-electron chi connectivity index (χ0n) is 11.4. The molecule has 2 unspecified atom stereocenters. The molecule has 0 aromatic carbocycles. The van der Waals surface area contributed by atoms with E-state index in [9.17, 15) is 0 Å². The van der Waals surface area contributed by atoms with Gasteiger partial charge in [0.15, 0.2) is 0 Å². The first kappa shape index (κ1) is 14.9. The van der Waals surface area contributed by atoms with Gasteiger partial charge in [-0.1, -0.05) is 13.5 Å². The van der Waals surface area contributed by atoms with Crippen LogP contribution in [0, 0.1) is 5.92 Å². The highest BCUT2D eigenvalue weighted by Gasteiger charge is 2.23. The van der Waals surface area contributed by atoms with Gasteiger partial charge in [0.2, 0.25) is 0 Å². The van der Waals surface area contributed by atoms with Gasteiger partial charge >= 0.3 is 0 Å². The zero-order chi connectivity index (χ0) is 13.2. The molecule has 102 valence electrons. The molecule has 2 atom stereocenters. The summed E-state index contributed by atoms with van der Waals surface area (Å²) in [5.74, 6) is 0.771. The van der Waals surface area contributed by atoms with Gasteiger partial charge in [0.05, 0.1) is 11.8 Å². The molecule has 0 amide bonds. The molecule has 0 saturated heterocycles. The third-order valence-electron chi connectivity index (χ3n) is 3.24. The van der Waals surface area contributed by atoms with Crippen molar-refractivity contribution in [2.45, 2.75) is 32.2 Å². The van der Waals surface area contributed by atoms with Crippen LogP contribution in [0.15, 0.2) is 30.0 Å². The van der Waals surface area contributed by atoms with Gasteiger partial charge in [0, 0.05) is 12.7 Å². The largest absolute Gasteiger partial charge is 0.368 e. The standard InChI is InChI=1S/C14H26N4/c1-3-16-8-7-14(10-15)18-13-6-5-12(9-13)11-17-4-2/h3,7-8,12-13,16-17H,1,4-6,9-11,15H2,2H3/b8-7-,18-14+. The summed E-state index contributed by atoms with van der Waals surface area (Å²) in [6.45, 7) is 8.39. The van der Waals surface area contributed by atoms with Gasteiger partial charge in [-0.15, -0.1) is 0 Å². The van der Waals surface area contributed by atoms with Crippen LogP contribution in [0.3, 0.4) is 0 Å². The van der Waals surface area contributed by atoms with E-state index in [0.717, 1.165) is 24.7 Å². The normalized spacial score (nSPS) is 24.7. The SMILES string of the molecule is C=CN/C=C\C(CN)=N/C1CCC(CNCC)C1. The lowest BCUT2D eigenvalue weighted by atomic mass is 10.1. The number of rotatable bonds is 8. The topological polar surface area (TPSA) is 62.4 Å². The predicted molar refractivity (Wildman–Crippen MR) is 78.6 cm³/mol. The van der Waals surface area contributed by atoms with Crippen molar-refractivity contribution >= 4 is 5.71 Å². The Morgan fingerprint density at radius 2 is 2.33 bits per heavy atom. The minimum absolute atomic E-state index is 0.445. The number of hydrogen-bond acceptors (Lipinski definition) is 4. The van der Waals surface area contributed by atoms with Crippen LogP contribution in [0.25, 0.3) is 0 Å². The summed E-state index contributed by atoms with van der Waals surface area (Å²) in [5, 5.41) is 6.32. The molecule has 4 N–H and O–H groups in total. The maximum atomic E-state index is 5.70. The first-order valence-corrected chi connectivity index (χ1v) is 6.81. The van der Waals surface area contributed by atoms with E-state index in [1.54, 1.807) is 6.20 Å². The minimum Gasteiger partial charge on any atom is -0.368 e. The number of nitrogens with two attached hydrogens (primary N) is 1. The Labute approximate surface area is 110 Å². The van der Waals surface area contributed by atoms with Crippen LogP contribution >= 0.6 is 0 Å². The van der Waals surface area contributed by atoms with E-state index >= 15 is 0 Å². The molecule has 1 rings (SSSR count). The van der Waals surface area contributed by atoms with Crippen LogP contribution in [0.5, 0.6) is 0 Å². The summed E-state index contributed by atoms with van der Waals surface area (Å²) in [4.78, 5) is 4.73. The molecule has 0 heterocycles. The molecule has 1 saturated carbocycles. The van der Waals surface area contributed by atoms with E-state index in [4.69, 9.17) is 10.7 Å². The highest BCUT2D eigenvalue weighted by atomic mass is 14.9. The summed E-state index contributed by atoms with van der Waals surface area (Å²) < 4.78 is 0. The van der Waals surface area contributed by atoms with Crippen LogP contribution < -0.4 is 16.4 Å². The Morgan fingerprint density at radius 1 is 1.50 bits per heavy atom. The maximum Gasteiger partial charge on any atom is 0.0506 e. The summed E-state index contributed by atoms with van der Waals surface area (Å²) in [7, 11) is 0. The Balaban J connectivity index is 2.42. The summed E-state index contributed by atoms with van der Waals surface area (Å²) in [6.07, 6.45) is 9.02. The van der Waals surface area contributed by atoms with Gasteiger partial charge in [-0.25, -0.2) is 0 Å². The second-order valence-corrected chi connectivity index (χ2v) is 4.67. The molecule has 1 aliphatic carbocycles. The first-order chi connectivity index (χ1) is 8.80. The molecule has 4 nitrogen and oxygen atoms in total. The molecule has 18 heavy (non-hydrogen) atoms. The second-order valence-electron chi connectivity index (χ2n) is 4.67. The quantitative estimate of drug-likeness (QED) is 0.571. The van der Waals surface area contributed by atoms with E-state index in [0.29, 0.717) is 12.6 Å². The number of aliphatic imine (C=N–C) groups is 1. The van der Waals surface area contributed by atoms with Gasteiger partial charge in [-0.2, -0.15) is 0 Å². The molecule has 1 aliphatic rings. The summed E-state index contributed by atoms with van der Waals surface area (Å²) in [6, 6.07) is 0.445. The predicted octanol–water partition coefficient (Wildman–Crippen LogP) is 1.41. The zero-order valence-corrected chi connectivity index (χ0v) is 11.4. The lowest BCUT2D eigenvalue weighted by molar-refractivity contribution is 0.491. The van der Waals surface area contributed by atoms with Gasteiger partial charge in [0.25, 0.3) is 0 Å². The molecule has 0 bridgehead atoms. The van der Waals surface area contributed by atoms with E-state index < -0.39 is 0 Å². The fourth-order valence-corrected chi connectivity index (χ4v) is 2.31. The lowest BCUT2D eigenvalue weighted by Crippen LogP contribution is -2.21. The third kappa shape index (κ3) is 5.47. The fourth-order valence-electron chi connectivity index (χ4n) is 2.31. The average Bonchev–Trinajstić information content (AvgIpc) is 2.83. The highest BCUT2D eigenvalue weighted by Crippen LogP contribution is 2.27. The summed E-state index contributed by atoms with van der Waals surface area (Å²) >= 11 is 0. The van der Waals surface area contributed by atoms with Crippen molar-refractivity contribution < 1.29 is 0 Å². The molecule has 0 radical (unpaired) electrons. The Bertz CT molecular complexity index is 296. The monoisotopic (exact) mass is 250 g/mol. The van der Waals surface area contributed by atoms with E-state index in [2.05, 4.69) is 24.1 Å². The Hall–Kier alpha value is -1.13.